The Bertz CT molecular complexity index is 936. The standard InChI is InChI=1S/C20H19BrN4O/c21-15-9-7-14(8-10-15)13-18(26)24-19-20(25-11-3-4-12-25)23-17-6-2-1-5-16(17)22-19/h1-2,5-10H,3-4,11-13H2,(H,22,24,26). The van der Waals surface area contributed by atoms with Crippen molar-refractivity contribution < 1.29 is 4.79 Å². The summed E-state index contributed by atoms with van der Waals surface area (Å²) in [5.41, 5.74) is 2.59. The van der Waals surface area contributed by atoms with Gasteiger partial charge in [0.25, 0.3) is 0 Å². The predicted octanol–water partition coefficient (Wildman–Crippen LogP) is 4.17. The largest absolute Gasteiger partial charge is 0.354 e. The Labute approximate surface area is 160 Å². The van der Waals surface area contributed by atoms with Gasteiger partial charge in [-0.15, -0.1) is 0 Å². The zero-order chi connectivity index (χ0) is 17.9. The normalized spacial score (nSPS) is 14.0. The molecule has 2 aromatic carbocycles. The number of hydrogen-bond acceptors (Lipinski definition) is 4. The van der Waals surface area contributed by atoms with Crippen LogP contribution in [0.1, 0.15) is 18.4 Å². The molecule has 0 atom stereocenters. The minimum atomic E-state index is -0.0858. The first kappa shape index (κ1) is 17.0. The van der Waals surface area contributed by atoms with Crippen molar-refractivity contribution in [3.05, 3.63) is 58.6 Å². The van der Waals surface area contributed by atoms with Crippen molar-refractivity contribution >= 4 is 44.5 Å². The van der Waals surface area contributed by atoms with Crippen LogP contribution in [0.25, 0.3) is 11.0 Å². The molecule has 1 aliphatic heterocycles. The van der Waals surface area contributed by atoms with Gasteiger partial charge in [0.2, 0.25) is 5.91 Å². The van der Waals surface area contributed by atoms with E-state index >= 15 is 0 Å². The summed E-state index contributed by atoms with van der Waals surface area (Å²) in [4.78, 5) is 24.2. The van der Waals surface area contributed by atoms with E-state index in [1.54, 1.807) is 0 Å². The summed E-state index contributed by atoms with van der Waals surface area (Å²) in [6.45, 7) is 1.89. The summed E-state index contributed by atoms with van der Waals surface area (Å²) in [7, 11) is 0. The summed E-state index contributed by atoms with van der Waals surface area (Å²) in [5.74, 6) is 1.23. The Morgan fingerprint density at radius 1 is 1.00 bits per heavy atom. The molecular weight excluding hydrogens is 392 g/mol. The van der Waals surface area contributed by atoms with E-state index < -0.39 is 0 Å². The summed E-state index contributed by atoms with van der Waals surface area (Å²) in [6.07, 6.45) is 2.59. The highest BCUT2D eigenvalue weighted by Crippen LogP contribution is 2.28. The molecular formula is C20H19BrN4O. The number of benzene rings is 2. The third-order valence-electron chi connectivity index (χ3n) is 4.49. The van der Waals surface area contributed by atoms with E-state index in [-0.39, 0.29) is 5.91 Å². The van der Waals surface area contributed by atoms with Crippen molar-refractivity contribution in [2.45, 2.75) is 19.3 Å². The maximum Gasteiger partial charge on any atom is 0.230 e. The highest BCUT2D eigenvalue weighted by atomic mass is 79.9. The van der Waals surface area contributed by atoms with Gasteiger partial charge in [0, 0.05) is 17.6 Å². The molecule has 1 saturated heterocycles. The van der Waals surface area contributed by atoms with Gasteiger partial charge < -0.3 is 10.2 Å². The van der Waals surface area contributed by atoms with Gasteiger partial charge in [0.1, 0.15) is 0 Å². The molecule has 0 spiro atoms. The summed E-state index contributed by atoms with van der Waals surface area (Å²) in [5, 5.41) is 2.98. The number of anilines is 2. The molecule has 1 fully saturated rings. The van der Waals surface area contributed by atoms with E-state index in [2.05, 4.69) is 31.1 Å². The number of halogens is 1. The van der Waals surface area contributed by atoms with E-state index in [1.165, 1.54) is 0 Å². The van der Waals surface area contributed by atoms with Crippen LogP contribution in [0.3, 0.4) is 0 Å². The SMILES string of the molecule is O=C(Cc1ccc(Br)cc1)Nc1nc2ccccc2nc1N1CCCC1. The Morgan fingerprint density at radius 2 is 1.65 bits per heavy atom. The van der Waals surface area contributed by atoms with Crippen LogP contribution in [0, 0.1) is 0 Å². The number of carbonyl (C=O) groups excluding carboxylic acids is 1. The molecule has 132 valence electrons. The Morgan fingerprint density at radius 3 is 2.35 bits per heavy atom. The van der Waals surface area contributed by atoms with Crippen LogP contribution in [0.2, 0.25) is 0 Å². The van der Waals surface area contributed by atoms with Crippen molar-refractivity contribution in [2.75, 3.05) is 23.3 Å². The molecule has 6 heteroatoms. The second kappa shape index (κ2) is 7.41. The third-order valence-corrected chi connectivity index (χ3v) is 5.02. The average Bonchev–Trinajstić information content (AvgIpc) is 3.17. The molecule has 0 aliphatic carbocycles. The van der Waals surface area contributed by atoms with Gasteiger partial charge in [0.05, 0.1) is 17.5 Å². The van der Waals surface area contributed by atoms with Crippen molar-refractivity contribution in [3.63, 3.8) is 0 Å². The molecule has 0 saturated carbocycles. The second-order valence-electron chi connectivity index (χ2n) is 6.43. The summed E-state index contributed by atoms with van der Waals surface area (Å²) >= 11 is 3.41. The Hall–Kier alpha value is -2.47. The fraction of sp³-hybridized carbons (Fsp3) is 0.250. The van der Waals surface area contributed by atoms with Crippen LogP contribution in [-0.4, -0.2) is 29.0 Å². The first-order valence-corrected chi connectivity index (χ1v) is 9.54. The van der Waals surface area contributed by atoms with Crippen LogP contribution in [0.4, 0.5) is 11.6 Å². The molecule has 1 aromatic heterocycles. The molecule has 4 rings (SSSR count). The number of nitrogens with zero attached hydrogens (tertiary/aromatic N) is 3. The molecule has 5 nitrogen and oxygen atoms in total. The number of aromatic nitrogens is 2. The fourth-order valence-electron chi connectivity index (χ4n) is 3.19. The number of hydrogen-bond donors (Lipinski definition) is 1. The maximum atomic E-state index is 12.6. The molecule has 3 aromatic rings. The van der Waals surface area contributed by atoms with Crippen LogP contribution < -0.4 is 10.2 Å². The molecule has 0 bridgehead atoms. The number of nitrogens with one attached hydrogen (secondary N) is 1. The Kier molecular flexibility index (Phi) is 4.84. The average molecular weight is 411 g/mol. The van der Waals surface area contributed by atoms with Crippen LogP contribution in [0.5, 0.6) is 0 Å². The highest BCUT2D eigenvalue weighted by molar-refractivity contribution is 9.10. The van der Waals surface area contributed by atoms with E-state index in [1.807, 2.05) is 48.5 Å². The van der Waals surface area contributed by atoms with Crippen molar-refractivity contribution in [3.8, 4) is 0 Å². The van der Waals surface area contributed by atoms with Gasteiger partial charge in [-0.2, -0.15) is 0 Å². The molecule has 1 N–H and O–H groups in total. The first-order valence-electron chi connectivity index (χ1n) is 8.75. The van der Waals surface area contributed by atoms with Gasteiger partial charge in [-0.3, -0.25) is 4.79 Å². The monoisotopic (exact) mass is 410 g/mol. The molecule has 1 aliphatic rings. The van der Waals surface area contributed by atoms with Crippen molar-refractivity contribution in [1.29, 1.82) is 0 Å². The number of fused-ring (bicyclic) bond motifs is 1. The van der Waals surface area contributed by atoms with E-state index in [4.69, 9.17) is 4.98 Å². The predicted molar refractivity (Wildman–Crippen MR) is 107 cm³/mol. The molecule has 2 heterocycles. The molecule has 26 heavy (non-hydrogen) atoms. The lowest BCUT2D eigenvalue weighted by atomic mass is 10.1. The van der Waals surface area contributed by atoms with Gasteiger partial charge in [-0.05, 0) is 42.7 Å². The summed E-state index contributed by atoms with van der Waals surface area (Å²) in [6, 6.07) is 15.5. The van der Waals surface area contributed by atoms with Crippen LogP contribution >= 0.6 is 15.9 Å². The van der Waals surface area contributed by atoms with E-state index in [0.717, 1.165) is 52.8 Å². The second-order valence-corrected chi connectivity index (χ2v) is 7.35. The molecule has 0 radical (unpaired) electrons. The topological polar surface area (TPSA) is 58.1 Å². The minimum Gasteiger partial charge on any atom is -0.354 e. The van der Waals surface area contributed by atoms with Gasteiger partial charge >= 0.3 is 0 Å². The quantitative estimate of drug-likeness (QED) is 0.700. The van der Waals surface area contributed by atoms with Crippen molar-refractivity contribution in [2.24, 2.45) is 0 Å². The van der Waals surface area contributed by atoms with E-state index in [0.29, 0.717) is 12.2 Å². The number of carbonyl (C=O) groups is 1. The Balaban J connectivity index is 1.62. The van der Waals surface area contributed by atoms with Crippen LogP contribution in [-0.2, 0) is 11.2 Å². The minimum absolute atomic E-state index is 0.0858. The highest BCUT2D eigenvalue weighted by Gasteiger charge is 2.20. The summed E-state index contributed by atoms with van der Waals surface area (Å²) < 4.78 is 0.998. The maximum absolute atomic E-state index is 12.6. The van der Waals surface area contributed by atoms with Crippen LogP contribution in [0.15, 0.2) is 53.0 Å². The lowest BCUT2D eigenvalue weighted by Gasteiger charge is -2.20. The third kappa shape index (κ3) is 3.70. The van der Waals surface area contributed by atoms with Gasteiger partial charge in [-0.1, -0.05) is 40.2 Å². The first-order chi connectivity index (χ1) is 12.7. The fourth-order valence-corrected chi connectivity index (χ4v) is 3.45. The van der Waals surface area contributed by atoms with E-state index in [9.17, 15) is 4.79 Å². The zero-order valence-corrected chi connectivity index (χ0v) is 15.9. The number of amides is 1. The number of rotatable bonds is 4. The van der Waals surface area contributed by atoms with Gasteiger partial charge in [0.15, 0.2) is 11.6 Å². The van der Waals surface area contributed by atoms with Crippen molar-refractivity contribution in [1.82, 2.24) is 9.97 Å². The van der Waals surface area contributed by atoms with Gasteiger partial charge in [-0.25, -0.2) is 9.97 Å². The lowest BCUT2D eigenvalue weighted by molar-refractivity contribution is -0.115. The smallest absolute Gasteiger partial charge is 0.230 e. The lowest BCUT2D eigenvalue weighted by Crippen LogP contribution is -2.24. The molecule has 1 amide bonds. The molecule has 0 unspecified atom stereocenters. The number of para-hydroxylation sites is 2. The zero-order valence-electron chi connectivity index (χ0n) is 14.3.